The van der Waals surface area contributed by atoms with E-state index in [1.807, 2.05) is 24.3 Å². The first kappa shape index (κ1) is 15.0. The zero-order valence-electron chi connectivity index (χ0n) is 11.6. The molecule has 0 fully saturated rings. The lowest BCUT2D eigenvalue weighted by Gasteiger charge is -2.07. The van der Waals surface area contributed by atoms with Crippen LogP contribution in [0.15, 0.2) is 30.5 Å². The topological polar surface area (TPSA) is 77.2 Å². The molecule has 6 heteroatoms. The molecule has 0 aliphatic rings. The molecule has 2 rings (SSSR count). The van der Waals surface area contributed by atoms with Gasteiger partial charge in [0.05, 0.1) is 31.1 Å². The van der Waals surface area contributed by atoms with Crippen LogP contribution in [0.4, 0.5) is 5.13 Å². The lowest BCUT2D eigenvalue weighted by molar-refractivity contribution is -0.115. The van der Waals surface area contributed by atoms with Crippen LogP contribution < -0.4 is 15.8 Å². The molecular formula is C15H15N3O2S. The van der Waals surface area contributed by atoms with Crippen molar-refractivity contribution in [2.24, 2.45) is 5.73 Å². The lowest BCUT2D eigenvalue weighted by Crippen LogP contribution is -2.14. The molecule has 0 saturated heterocycles. The number of anilines is 1. The quantitative estimate of drug-likeness (QED) is 0.842. The zero-order chi connectivity index (χ0) is 15.1. The van der Waals surface area contributed by atoms with Crippen molar-refractivity contribution in [2.45, 2.75) is 6.42 Å². The van der Waals surface area contributed by atoms with E-state index >= 15 is 0 Å². The van der Waals surface area contributed by atoms with Crippen molar-refractivity contribution >= 4 is 22.4 Å². The number of benzene rings is 1. The SMILES string of the molecule is COc1ccccc1CC(=O)Nc1ncc(C#CCN)s1. The van der Waals surface area contributed by atoms with Crippen LogP contribution >= 0.6 is 11.3 Å². The standard InChI is InChI=1S/C15H15N3O2S/c1-20-13-7-3-2-5-11(13)9-14(19)18-15-17-10-12(21-15)6-4-8-16/h2-3,5,7,10H,8-9,16H2,1H3,(H,17,18,19). The summed E-state index contributed by atoms with van der Waals surface area (Å²) in [6.07, 6.45) is 1.85. The van der Waals surface area contributed by atoms with Gasteiger partial charge in [0.2, 0.25) is 5.91 Å². The molecule has 0 spiro atoms. The predicted molar refractivity (Wildman–Crippen MR) is 83.4 cm³/mol. The van der Waals surface area contributed by atoms with Crippen LogP contribution in [0, 0.1) is 11.8 Å². The van der Waals surface area contributed by atoms with Crippen LogP contribution in [-0.4, -0.2) is 24.5 Å². The lowest BCUT2D eigenvalue weighted by atomic mass is 10.1. The highest BCUT2D eigenvalue weighted by molar-refractivity contribution is 7.16. The summed E-state index contributed by atoms with van der Waals surface area (Å²) in [5.41, 5.74) is 6.14. The molecule has 1 aromatic carbocycles. The minimum absolute atomic E-state index is 0.146. The Bertz CT molecular complexity index is 685. The van der Waals surface area contributed by atoms with Crippen molar-refractivity contribution in [1.29, 1.82) is 0 Å². The molecule has 2 aromatic rings. The Morgan fingerprint density at radius 1 is 1.48 bits per heavy atom. The third kappa shape index (κ3) is 4.31. The minimum Gasteiger partial charge on any atom is -0.496 e. The van der Waals surface area contributed by atoms with Crippen molar-refractivity contribution in [3.05, 3.63) is 40.9 Å². The Kier molecular flexibility index (Phi) is 5.32. The molecule has 0 radical (unpaired) electrons. The first-order valence-corrected chi connectivity index (χ1v) is 7.11. The largest absolute Gasteiger partial charge is 0.496 e. The van der Waals surface area contributed by atoms with Crippen LogP contribution in [0.5, 0.6) is 5.75 Å². The van der Waals surface area contributed by atoms with E-state index in [0.29, 0.717) is 17.4 Å². The molecule has 3 N–H and O–H groups in total. The van der Waals surface area contributed by atoms with Gasteiger partial charge in [-0.15, -0.1) is 0 Å². The van der Waals surface area contributed by atoms with Gasteiger partial charge in [-0.05, 0) is 6.07 Å². The molecule has 1 amide bonds. The van der Waals surface area contributed by atoms with Gasteiger partial charge < -0.3 is 15.8 Å². The van der Waals surface area contributed by atoms with Crippen molar-refractivity contribution in [1.82, 2.24) is 4.98 Å². The highest BCUT2D eigenvalue weighted by atomic mass is 32.1. The van der Waals surface area contributed by atoms with E-state index < -0.39 is 0 Å². The average molecular weight is 301 g/mol. The molecule has 1 heterocycles. The van der Waals surface area contributed by atoms with Gasteiger partial charge in [0.1, 0.15) is 5.75 Å². The molecule has 0 aliphatic carbocycles. The van der Waals surface area contributed by atoms with Crippen LogP contribution in [0.25, 0.3) is 0 Å². The smallest absolute Gasteiger partial charge is 0.230 e. The third-order valence-electron chi connectivity index (χ3n) is 2.61. The molecule has 0 bridgehead atoms. The second-order valence-corrected chi connectivity index (χ2v) is 5.10. The number of carbonyl (C=O) groups excluding carboxylic acids is 1. The summed E-state index contributed by atoms with van der Waals surface area (Å²) in [4.78, 5) is 16.9. The second-order valence-electron chi connectivity index (χ2n) is 4.07. The second kappa shape index (κ2) is 7.43. The third-order valence-corrected chi connectivity index (χ3v) is 3.44. The molecule has 0 saturated carbocycles. The number of para-hydroxylation sites is 1. The van der Waals surface area contributed by atoms with Gasteiger partial charge in [0.15, 0.2) is 5.13 Å². The number of nitrogens with one attached hydrogen (secondary N) is 1. The van der Waals surface area contributed by atoms with Gasteiger partial charge >= 0.3 is 0 Å². The molecule has 21 heavy (non-hydrogen) atoms. The fourth-order valence-corrected chi connectivity index (χ4v) is 2.42. The number of nitrogens with zero attached hydrogens (tertiary/aromatic N) is 1. The van der Waals surface area contributed by atoms with Crippen molar-refractivity contribution in [3.63, 3.8) is 0 Å². The number of carbonyl (C=O) groups is 1. The number of thiazole rings is 1. The predicted octanol–water partition coefficient (Wildman–Crippen LogP) is 1.64. The normalized spacial score (nSPS) is 9.62. The summed E-state index contributed by atoms with van der Waals surface area (Å²) in [6.45, 7) is 0.299. The van der Waals surface area contributed by atoms with E-state index in [0.717, 1.165) is 10.4 Å². The molecule has 0 aliphatic heterocycles. The first-order valence-electron chi connectivity index (χ1n) is 6.29. The van der Waals surface area contributed by atoms with E-state index in [-0.39, 0.29) is 12.3 Å². The first-order chi connectivity index (χ1) is 10.2. The van der Waals surface area contributed by atoms with E-state index in [1.165, 1.54) is 11.3 Å². The van der Waals surface area contributed by atoms with Gasteiger partial charge in [0, 0.05) is 5.56 Å². The number of ether oxygens (including phenoxy) is 1. The molecule has 0 atom stereocenters. The van der Waals surface area contributed by atoms with Crippen molar-refractivity contribution in [3.8, 4) is 17.6 Å². The van der Waals surface area contributed by atoms with Gasteiger partial charge in [-0.2, -0.15) is 0 Å². The number of rotatable bonds is 4. The van der Waals surface area contributed by atoms with E-state index in [9.17, 15) is 4.79 Å². The molecule has 1 aromatic heterocycles. The van der Waals surface area contributed by atoms with E-state index in [2.05, 4.69) is 22.1 Å². The van der Waals surface area contributed by atoms with E-state index in [4.69, 9.17) is 10.5 Å². The summed E-state index contributed by atoms with van der Waals surface area (Å²) < 4.78 is 5.22. The summed E-state index contributed by atoms with van der Waals surface area (Å²) >= 11 is 1.32. The van der Waals surface area contributed by atoms with Crippen LogP contribution in [-0.2, 0) is 11.2 Å². The number of hydrogen-bond acceptors (Lipinski definition) is 5. The highest BCUT2D eigenvalue weighted by Gasteiger charge is 2.10. The Morgan fingerprint density at radius 2 is 2.29 bits per heavy atom. The van der Waals surface area contributed by atoms with Crippen LogP contribution in [0.3, 0.4) is 0 Å². The van der Waals surface area contributed by atoms with Crippen molar-refractivity contribution < 1.29 is 9.53 Å². The molecular weight excluding hydrogens is 286 g/mol. The summed E-state index contributed by atoms with van der Waals surface area (Å²) in [5, 5.41) is 3.28. The summed E-state index contributed by atoms with van der Waals surface area (Å²) in [7, 11) is 1.58. The fraction of sp³-hybridized carbons (Fsp3) is 0.200. The maximum atomic E-state index is 12.0. The van der Waals surface area contributed by atoms with Gasteiger partial charge in [0.25, 0.3) is 0 Å². The van der Waals surface area contributed by atoms with Gasteiger partial charge in [-0.3, -0.25) is 4.79 Å². The number of amides is 1. The molecule has 0 unspecified atom stereocenters. The van der Waals surface area contributed by atoms with Gasteiger partial charge in [-0.25, -0.2) is 4.98 Å². The molecule has 108 valence electrons. The number of nitrogens with two attached hydrogens (primary N) is 1. The Balaban J connectivity index is 2.00. The van der Waals surface area contributed by atoms with Crippen molar-refractivity contribution in [2.75, 3.05) is 19.0 Å². The van der Waals surface area contributed by atoms with Crippen LogP contribution in [0.2, 0.25) is 0 Å². The van der Waals surface area contributed by atoms with Crippen LogP contribution in [0.1, 0.15) is 10.4 Å². The zero-order valence-corrected chi connectivity index (χ0v) is 12.4. The minimum atomic E-state index is -0.146. The number of methoxy groups -OCH3 is 1. The Morgan fingerprint density at radius 3 is 3.05 bits per heavy atom. The number of aromatic nitrogens is 1. The highest BCUT2D eigenvalue weighted by Crippen LogP contribution is 2.20. The number of hydrogen-bond donors (Lipinski definition) is 2. The molecule has 5 nitrogen and oxygen atoms in total. The maximum Gasteiger partial charge on any atom is 0.230 e. The maximum absolute atomic E-state index is 12.0. The van der Waals surface area contributed by atoms with Gasteiger partial charge in [-0.1, -0.05) is 41.4 Å². The summed E-state index contributed by atoms with van der Waals surface area (Å²) in [6, 6.07) is 7.42. The Labute approximate surface area is 127 Å². The fourth-order valence-electron chi connectivity index (χ4n) is 1.71. The Hall–Kier alpha value is -2.36. The monoisotopic (exact) mass is 301 g/mol. The van der Waals surface area contributed by atoms with E-state index in [1.54, 1.807) is 13.3 Å². The average Bonchev–Trinajstić information content (AvgIpc) is 2.93. The summed E-state index contributed by atoms with van der Waals surface area (Å²) in [5.74, 6) is 6.17.